The number of rotatable bonds is 8. The molecule has 4 nitrogen and oxygen atoms in total. The van der Waals surface area contributed by atoms with E-state index in [9.17, 15) is 9.59 Å². The van der Waals surface area contributed by atoms with Gasteiger partial charge in [0.25, 0.3) is 0 Å². The summed E-state index contributed by atoms with van der Waals surface area (Å²) in [6.45, 7) is 3.93. The Kier molecular flexibility index (Phi) is 7.15. The molecule has 1 unspecified atom stereocenters. The average Bonchev–Trinajstić information content (AvgIpc) is 2.38. The predicted molar refractivity (Wildman–Crippen MR) is 81.8 cm³/mol. The van der Waals surface area contributed by atoms with Crippen LogP contribution in [0.3, 0.4) is 0 Å². The third-order valence-electron chi connectivity index (χ3n) is 2.80. The number of carbonyl (C=O) groups excluding carboxylic acids is 1. The molecule has 0 fully saturated rings. The molecule has 1 aromatic rings. The standard InChI is InChI=1S/C15H21NO3S/c1-3-5-13(15(18)19)16-14(17)10-20-9-12-7-4-6-11(2)8-12/h4,6-8,13H,3,5,9-10H2,1-2H3,(H,16,17)(H,18,19). The number of thioether (sulfide) groups is 1. The number of benzene rings is 1. The molecule has 1 aromatic carbocycles. The Morgan fingerprint density at radius 3 is 2.75 bits per heavy atom. The van der Waals surface area contributed by atoms with E-state index in [1.54, 1.807) is 0 Å². The molecular formula is C15H21NO3S. The summed E-state index contributed by atoms with van der Waals surface area (Å²) in [6.07, 6.45) is 1.19. The maximum Gasteiger partial charge on any atom is 0.326 e. The molecule has 0 spiro atoms. The van der Waals surface area contributed by atoms with Gasteiger partial charge in [0.2, 0.25) is 5.91 Å². The van der Waals surface area contributed by atoms with E-state index >= 15 is 0 Å². The predicted octanol–water partition coefficient (Wildman–Crippen LogP) is 2.60. The summed E-state index contributed by atoms with van der Waals surface area (Å²) < 4.78 is 0. The Hall–Kier alpha value is -1.49. The lowest BCUT2D eigenvalue weighted by Crippen LogP contribution is -2.41. The van der Waals surface area contributed by atoms with Gasteiger partial charge in [0, 0.05) is 5.75 Å². The first kappa shape index (κ1) is 16.6. The first-order chi connectivity index (χ1) is 9.52. The number of carbonyl (C=O) groups is 2. The minimum absolute atomic E-state index is 0.219. The lowest BCUT2D eigenvalue weighted by molar-refractivity contribution is -0.141. The number of nitrogens with one attached hydrogen (secondary N) is 1. The fourth-order valence-electron chi connectivity index (χ4n) is 1.85. The van der Waals surface area contributed by atoms with Gasteiger partial charge >= 0.3 is 5.97 Å². The minimum Gasteiger partial charge on any atom is -0.480 e. The van der Waals surface area contributed by atoms with E-state index in [4.69, 9.17) is 5.11 Å². The van der Waals surface area contributed by atoms with E-state index in [1.165, 1.54) is 22.9 Å². The van der Waals surface area contributed by atoms with Crippen molar-refractivity contribution in [2.75, 3.05) is 5.75 Å². The molecule has 110 valence electrons. The molecule has 0 saturated heterocycles. The maximum atomic E-state index is 11.7. The topological polar surface area (TPSA) is 66.4 Å². The Labute approximate surface area is 124 Å². The second kappa shape index (κ2) is 8.64. The van der Waals surface area contributed by atoms with Crippen molar-refractivity contribution in [3.8, 4) is 0 Å². The van der Waals surface area contributed by atoms with Crippen molar-refractivity contribution in [2.45, 2.75) is 38.5 Å². The molecule has 0 radical (unpaired) electrons. The maximum absolute atomic E-state index is 11.7. The zero-order valence-electron chi connectivity index (χ0n) is 11.9. The molecule has 1 atom stereocenters. The highest BCUT2D eigenvalue weighted by molar-refractivity contribution is 7.99. The Morgan fingerprint density at radius 2 is 2.15 bits per heavy atom. The lowest BCUT2D eigenvalue weighted by atomic mass is 10.2. The molecule has 0 aliphatic heterocycles. The van der Waals surface area contributed by atoms with Crippen LogP contribution in [0.1, 0.15) is 30.9 Å². The highest BCUT2D eigenvalue weighted by atomic mass is 32.2. The number of hydrogen-bond acceptors (Lipinski definition) is 3. The zero-order valence-corrected chi connectivity index (χ0v) is 12.7. The van der Waals surface area contributed by atoms with Crippen molar-refractivity contribution < 1.29 is 14.7 Å². The number of carboxylic acids is 1. The van der Waals surface area contributed by atoms with Crippen LogP contribution in [0.2, 0.25) is 0 Å². The van der Waals surface area contributed by atoms with Crippen LogP contribution in [0.5, 0.6) is 0 Å². The molecule has 0 aliphatic carbocycles. The minimum atomic E-state index is -0.969. The van der Waals surface area contributed by atoms with E-state index in [1.807, 2.05) is 32.0 Å². The van der Waals surface area contributed by atoms with Crippen LogP contribution < -0.4 is 5.32 Å². The Bertz CT molecular complexity index is 462. The van der Waals surface area contributed by atoms with Crippen molar-refractivity contribution in [2.24, 2.45) is 0 Å². The smallest absolute Gasteiger partial charge is 0.326 e. The SMILES string of the molecule is CCCC(NC(=O)CSCc1cccc(C)c1)C(=O)O. The van der Waals surface area contributed by atoms with Gasteiger partial charge in [-0.3, -0.25) is 4.79 Å². The molecule has 5 heteroatoms. The summed E-state index contributed by atoms with van der Waals surface area (Å²) in [6, 6.07) is 7.36. The molecule has 0 aromatic heterocycles. The largest absolute Gasteiger partial charge is 0.480 e. The summed E-state index contributed by atoms with van der Waals surface area (Å²) in [5.41, 5.74) is 2.37. The van der Waals surface area contributed by atoms with Crippen molar-refractivity contribution in [1.82, 2.24) is 5.32 Å². The molecule has 1 amide bonds. The van der Waals surface area contributed by atoms with Gasteiger partial charge in [-0.1, -0.05) is 43.2 Å². The van der Waals surface area contributed by atoms with Crippen LogP contribution in [0, 0.1) is 6.92 Å². The number of amides is 1. The number of hydrogen-bond donors (Lipinski definition) is 2. The first-order valence-electron chi connectivity index (χ1n) is 6.68. The van der Waals surface area contributed by atoms with Gasteiger partial charge in [-0.15, -0.1) is 11.8 Å². The van der Waals surface area contributed by atoms with Crippen molar-refractivity contribution >= 4 is 23.6 Å². The summed E-state index contributed by atoms with van der Waals surface area (Å²) >= 11 is 1.49. The van der Waals surface area contributed by atoms with E-state index in [0.29, 0.717) is 6.42 Å². The highest BCUT2D eigenvalue weighted by Crippen LogP contribution is 2.13. The van der Waals surface area contributed by atoms with Gasteiger partial charge in [-0.25, -0.2) is 4.79 Å². The quantitative estimate of drug-likeness (QED) is 0.773. The molecule has 20 heavy (non-hydrogen) atoms. The Balaban J connectivity index is 2.34. The van der Waals surface area contributed by atoms with Crippen LogP contribution in [0.15, 0.2) is 24.3 Å². The van der Waals surface area contributed by atoms with Gasteiger partial charge < -0.3 is 10.4 Å². The van der Waals surface area contributed by atoms with Crippen LogP contribution in [-0.4, -0.2) is 28.8 Å². The van der Waals surface area contributed by atoms with E-state index < -0.39 is 12.0 Å². The third kappa shape index (κ3) is 6.10. The first-order valence-corrected chi connectivity index (χ1v) is 7.84. The van der Waals surface area contributed by atoms with Gasteiger partial charge in [-0.05, 0) is 18.9 Å². The summed E-state index contributed by atoms with van der Waals surface area (Å²) in [7, 11) is 0. The van der Waals surface area contributed by atoms with E-state index in [-0.39, 0.29) is 11.7 Å². The summed E-state index contributed by atoms with van der Waals surface area (Å²) in [5.74, 6) is -0.158. The van der Waals surface area contributed by atoms with Crippen LogP contribution in [-0.2, 0) is 15.3 Å². The summed E-state index contributed by atoms with van der Waals surface area (Å²) in [5, 5.41) is 11.5. The van der Waals surface area contributed by atoms with Crippen LogP contribution in [0.25, 0.3) is 0 Å². The van der Waals surface area contributed by atoms with E-state index in [0.717, 1.165) is 12.2 Å². The number of aryl methyl sites for hydroxylation is 1. The molecule has 1 rings (SSSR count). The molecule has 0 bridgehead atoms. The molecule has 0 aliphatic rings. The van der Waals surface area contributed by atoms with Gasteiger partial charge in [0.15, 0.2) is 0 Å². The monoisotopic (exact) mass is 295 g/mol. The number of carboxylic acid groups (broad SMARTS) is 1. The zero-order chi connectivity index (χ0) is 15.0. The van der Waals surface area contributed by atoms with E-state index in [2.05, 4.69) is 11.4 Å². The van der Waals surface area contributed by atoms with Gasteiger partial charge in [0.05, 0.1) is 5.75 Å². The second-order valence-electron chi connectivity index (χ2n) is 4.73. The van der Waals surface area contributed by atoms with Crippen molar-refractivity contribution in [3.05, 3.63) is 35.4 Å². The van der Waals surface area contributed by atoms with Gasteiger partial charge in [-0.2, -0.15) is 0 Å². The van der Waals surface area contributed by atoms with Gasteiger partial charge in [0.1, 0.15) is 6.04 Å². The summed E-state index contributed by atoms with van der Waals surface area (Å²) in [4.78, 5) is 22.6. The second-order valence-corrected chi connectivity index (χ2v) is 5.71. The lowest BCUT2D eigenvalue weighted by Gasteiger charge is -2.13. The average molecular weight is 295 g/mol. The van der Waals surface area contributed by atoms with Crippen molar-refractivity contribution in [1.29, 1.82) is 0 Å². The highest BCUT2D eigenvalue weighted by Gasteiger charge is 2.18. The molecule has 0 heterocycles. The Morgan fingerprint density at radius 1 is 1.40 bits per heavy atom. The third-order valence-corrected chi connectivity index (χ3v) is 3.80. The molecular weight excluding hydrogens is 274 g/mol. The fourth-order valence-corrected chi connectivity index (χ4v) is 2.63. The molecule has 0 saturated carbocycles. The molecule has 2 N–H and O–H groups in total. The van der Waals surface area contributed by atoms with Crippen LogP contribution >= 0.6 is 11.8 Å². The van der Waals surface area contributed by atoms with Crippen molar-refractivity contribution in [3.63, 3.8) is 0 Å². The fraction of sp³-hybridized carbons (Fsp3) is 0.467. The normalized spacial score (nSPS) is 11.9. The van der Waals surface area contributed by atoms with Crippen LogP contribution in [0.4, 0.5) is 0 Å². The number of aliphatic carboxylic acids is 1.